The van der Waals surface area contributed by atoms with E-state index in [2.05, 4.69) is 15.6 Å². The number of nitrogens with zero attached hydrogens (tertiary/aromatic N) is 1. The van der Waals surface area contributed by atoms with Gasteiger partial charge in [-0.05, 0) is 39.8 Å². The molecule has 1 aromatic carbocycles. The monoisotopic (exact) mass is 311 g/mol. The highest BCUT2D eigenvalue weighted by atomic mass is 32.2. The fraction of sp³-hybridized carbons (Fsp3) is 0.533. The molecule has 1 aromatic rings. The van der Waals surface area contributed by atoms with Crippen LogP contribution in [0.15, 0.2) is 40.2 Å². The summed E-state index contributed by atoms with van der Waals surface area (Å²) in [6.07, 6.45) is 0. The second kappa shape index (κ2) is 7.45. The molecule has 6 heteroatoms. The molecule has 0 radical (unpaired) electrons. The number of aliphatic imine (C=N–C) groups is 1. The van der Waals surface area contributed by atoms with E-state index in [1.807, 2.05) is 27.7 Å². The fourth-order valence-corrected chi connectivity index (χ4v) is 2.82. The third-order valence-corrected chi connectivity index (χ3v) is 4.28. The van der Waals surface area contributed by atoms with E-state index in [1.54, 1.807) is 30.3 Å². The molecule has 0 amide bonds. The average Bonchev–Trinajstić information content (AvgIpc) is 2.38. The van der Waals surface area contributed by atoms with Gasteiger partial charge in [0.1, 0.15) is 0 Å². The van der Waals surface area contributed by atoms with E-state index in [0.717, 1.165) is 6.54 Å². The number of hydrogen-bond donors (Lipinski definition) is 2. The number of guanidine groups is 1. The molecule has 21 heavy (non-hydrogen) atoms. The zero-order chi connectivity index (χ0) is 15.9. The van der Waals surface area contributed by atoms with Crippen molar-refractivity contribution in [2.45, 2.75) is 38.1 Å². The molecule has 0 aliphatic heterocycles. The predicted molar refractivity (Wildman–Crippen MR) is 87.4 cm³/mol. The van der Waals surface area contributed by atoms with Crippen molar-refractivity contribution in [3.05, 3.63) is 30.3 Å². The maximum absolute atomic E-state index is 12.1. The number of nitrogens with one attached hydrogen (secondary N) is 2. The molecule has 0 bridgehead atoms. The predicted octanol–water partition coefficient (Wildman–Crippen LogP) is 1.81. The van der Waals surface area contributed by atoms with Crippen LogP contribution in [-0.2, 0) is 9.84 Å². The lowest BCUT2D eigenvalue weighted by molar-refractivity contribution is 0.502. The van der Waals surface area contributed by atoms with Crippen molar-refractivity contribution in [2.75, 3.05) is 18.8 Å². The zero-order valence-corrected chi connectivity index (χ0v) is 14.0. The first-order chi connectivity index (χ1) is 9.74. The molecule has 0 heterocycles. The molecule has 0 atom stereocenters. The third kappa shape index (κ3) is 6.62. The Bertz CT molecular complexity index is 560. The molecule has 118 valence electrons. The number of hydrogen-bond acceptors (Lipinski definition) is 3. The van der Waals surface area contributed by atoms with Crippen LogP contribution in [0.1, 0.15) is 27.7 Å². The molecule has 2 N–H and O–H groups in total. The molecule has 0 saturated heterocycles. The molecular weight excluding hydrogens is 286 g/mol. The van der Waals surface area contributed by atoms with Crippen LogP contribution >= 0.6 is 0 Å². The minimum absolute atomic E-state index is 0.00225. The number of benzene rings is 1. The Labute approximate surface area is 127 Å². The summed E-state index contributed by atoms with van der Waals surface area (Å²) in [5, 5.41) is 6.34. The maximum atomic E-state index is 12.1. The molecule has 5 nitrogen and oxygen atoms in total. The van der Waals surface area contributed by atoms with Gasteiger partial charge in [-0.2, -0.15) is 0 Å². The fourth-order valence-electron chi connectivity index (χ4n) is 1.69. The van der Waals surface area contributed by atoms with Gasteiger partial charge in [0.2, 0.25) is 0 Å². The van der Waals surface area contributed by atoms with Gasteiger partial charge >= 0.3 is 0 Å². The molecular formula is C15H25N3O2S. The quantitative estimate of drug-likeness (QED) is 0.643. The minimum Gasteiger partial charge on any atom is -0.357 e. The Morgan fingerprint density at radius 1 is 1.19 bits per heavy atom. The lowest BCUT2D eigenvalue weighted by Crippen LogP contribution is -2.47. The summed E-state index contributed by atoms with van der Waals surface area (Å²) >= 11 is 0. The lowest BCUT2D eigenvalue weighted by Gasteiger charge is -2.23. The van der Waals surface area contributed by atoms with E-state index in [-0.39, 0.29) is 17.8 Å². The van der Waals surface area contributed by atoms with Crippen molar-refractivity contribution < 1.29 is 8.42 Å². The van der Waals surface area contributed by atoms with Crippen LogP contribution in [0.3, 0.4) is 0 Å². The molecule has 0 unspecified atom stereocenters. The molecule has 0 spiro atoms. The summed E-state index contributed by atoms with van der Waals surface area (Å²) in [6, 6.07) is 8.46. The number of rotatable bonds is 5. The highest BCUT2D eigenvalue weighted by molar-refractivity contribution is 7.91. The highest BCUT2D eigenvalue weighted by Crippen LogP contribution is 2.09. The Hall–Kier alpha value is -1.56. The van der Waals surface area contributed by atoms with E-state index < -0.39 is 9.84 Å². The van der Waals surface area contributed by atoms with Crippen LogP contribution in [0.4, 0.5) is 0 Å². The molecule has 1 rings (SSSR count). The van der Waals surface area contributed by atoms with Crippen molar-refractivity contribution in [2.24, 2.45) is 4.99 Å². The standard InChI is InChI=1S/C15H25N3O2S/c1-5-16-14(18-15(2,3)4)17-11-12-21(19,20)13-9-7-6-8-10-13/h6-10H,5,11-12H2,1-4H3,(H2,16,17,18). The van der Waals surface area contributed by atoms with Crippen molar-refractivity contribution in [1.29, 1.82) is 0 Å². The first-order valence-electron chi connectivity index (χ1n) is 7.09. The average molecular weight is 311 g/mol. The molecule has 0 aliphatic carbocycles. The van der Waals surface area contributed by atoms with Gasteiger partial charge in [-0.25, -0.2) is 8.42 Å². The smallest absolute Gasteiger partial charge is 0.191 e. The van der Waals surface area contributed by atoms with Crippen LogP contribution in [-0.4, -0.2) is 38.8 Å². The van der Waals surface area contributed by atoms with E-state index in [1.165, 1.54) is 0 Å². The van der Waals surface area contributed by atoms with Crippen LogP contribution in [0, 0.1) is 0 Å². The zero-order valence-electron chi connectivity index (χ0n) is 13.2. The second-order valence-corrected chi connectivity index (χ2v) is 7.88. The van der Waals surface area contributed by atoms with Gasteiger partial charge in [-0.3, -0.25) is 4.99 Å². The van der Waals surface area contributed by atoms with Crippen LogP contribution in [0.5, 0.6) is 0 Å². The summed E-state index contributed by atoms with van der Waals surface area (Å²) < 4.78 is 24.3. The summed E-state index contributed by atoms with van der Waals surface area (Å²) in [5.41, 5.74) is -0.126. The van der Waals surface area contributed by atoms with Gasteiger partial charge in [-0.15, -0.1) is 0 Å². The Morgan fingerprint density at radius 3 is 2.33 bits per heavy atom. The lowest BCUT2D eigenvalue weighted by atomic mass is 10.1. The molecule has 0 fully saturated rings. The van der Waals surface area contributed by atoms with Crippen molar-refractivity contribution >= 4 is 15.8 Å². The minimum atomic E-state index is -3.28. The van der Waals surface area contributed by atoms with Crippen LogP contribution in [0.2, 0.25) is 0 Å². The van der Waals surface area contributed by atoms with Crippen molar-refractivity contribution in [3.8, 4) is 0 Å². The van der Waals surface area contributed by atoms with E-state index in [0.29, 0.717) is 10.9 Å². The van der Waals surface area contributed by atoms with Crippen LogP contribution < -0.4 is 10.6 Å². The van der Waals surface area contributed by atoms with Gasteiger partial charge in [-0.1, -0.05) is 18.2 Å². The Kier molecular flexibility index (Phi) is 6.20. The van der Waals surface area contributed by atoms with Gasteiger partial charge in [0, 0.05) is 12.1 Å². The van der Waals surface area contributed by atoms with Crippen molar-refractivity contribution in [1.82, 2.24) is 10.6 Å². The van der Waals surface area contributed by atoms with Gasteiger partial charge in [0.25, 0.3) is 0 Å². The normalized spacial score (nSPS) is 13.0. The summed E-state index contributed by atoms with van der Waals surface area (Å²) in [6.45, 7) is 9.01. The highest BCUT2D eigenvalue weighted by Gasteiger charge is 2.14. The van der Waals surface area contributed by atoms with Gasteiger partial charge in [0.05, 0.1) is 17.2 Å². The summed E-state index contributed by atoms with van der Waals surface area (Å²) in [7, 11) is -3.28. The third-order valence-electron chi connectivity index (χ3n) is 2.57. The van der Waals surface area contributed by atoms with Crippen LogP contribution in [0.25, 0.3) is 0 Å². The largest absolute Gasteiger partial charge is 0.357 e. The van der Waals surface area contributed by atoms with Gasteiger partial charge < -0.3 is 10.6 Å². The first-order valence-corrected chi connectivity index (χ1v) is 8.74. The van der Waals surface area contributed by atoms with Crippen molar-refractivity contribution in [3.63, 3.8) is 0 Å². The maximum Gasteiger partial charge on any atom is 0.191 e. The number of sulfone groups is 1. The SMILES string of the molecule is CCNC(=NCCS(=O)(=O)c1ccccc1)NC(C)(C)C. The van der Waals surface area contributed by atoms with E-state index >= 15 is 0 Å². The Balaban J connectivity index is 2.70. The molecule has 0 aromatic heterocycles. The van der Waals surface area contributed by atoms with E-state index in [4.69, 9.17) is 0 Å². The summed E-state index contributed by atoms with van der Waals surface area (Å²) in [4.78, 5) is 4.67. The van der Waals surface area contributed by atoms with Gasteiger partial charge in [0.15, 0.2) is 15.8 Å². The summed E-state index contributed by atoms with van der Waals surface area (Å²) in [5.74, 6) is 0.630. The molecule has 0 saturated carbocycles. The molecule has 0 aliphatic rings. The van der Waals surface area contributed by atoms with E-state index in [9.17, 15) is 8.42 Å². The Morgan fingerprint density at radius 2 is 1.81 bits per heavy atom. The second-order valence-electron chi connectivity index (χ2n) is 5.77. The first kappa shape index (κ1) is 17.5. The topological polar surface area (TPSA) is 70.6 Å².